The maximum atomic E-state index is 15.1. The molecule has 11 atom stereocenters. The Morgan fingerprint density at radius 1 is 0.923 bits per heavy atom. The molecule has 2 bridgehead atoms. The molecule has 3 aliphatic carbocycles. The molecule has 1 aliphatic heterocycles. The van der Waals surface area contributed by atoms with Gasteiger partial charge in [0.1, 0.15) is 41.7 Å². The predicted molar refractivity (Wildman–Crippen MR) is 224 cm³/mol. The lowest BCUT2D eigenvalue weighted by atomic mass is 9.44. The zero-order valence-electron chi connectivity index (χ0n) is 37.5. The number of aliphatic carboxylic acids is 1. The molecule has 3 fully saturated rings. The molecular formula is C47H57NO17. The summed E-state index contributed by atoms with van der Waals surface area (Å²) in [5, 5.41) is 49.8. The van der Waals surface area contributed by atoms with Gasteiger partial charge in [0, 0.05) is 25.2 Å². The van der Waals surface area contributed by atoms with Gasteiger partial charge in [-0.25, -0.2) is 14.4 Å². The van der Waals surface area contributed by atoms with Crippen LogP contribution >= 0.6 is 0 Å². The second kappa shape index (κ2) is 17.9. The fourth-order valence-corrected chi connectivity index (χ4v) is 10.1. The standard InChI is InChI=1S/C47H57NO17/c1-24-28(61-41(57)36(62-32(53)20-19-31(51)52)34(26-15-11-9-12-16-26)48-42(58)65-43(3,4)5)22-47(59)39(63-40(56)27-17-13-10-14-18-27)37-45(8,38(55)35(54)33(24)44(47,6)7)29(50)21-30-46(37,23-60-30)64-25(2)49/h9-18,28-30,34-37,39,50,54,59H,19-23H2,1-8H3,(H,48,58)(H,51,52)/t28-,29-,30+,34-,35+,36+,37?,39-,45+,46?,47+/m0/s1. The summed E-state index contributed by atoms with van der Waals surface area (Å²) in [5.74, 6) is -8.16. The van der Waals surface area contributed by atoms with Crippen molar-refractivity contribution in [1.82, 2.24) is 5.32 Å². The molecule has 5 N–H and O–H groups in total. The van der Waals surface area contributed by atoms with E-state index in [1.54, 1.807) is 57.2 Å². The summed E-state index contributed by atoms with van der Waals surface area (Å²) in [4.78, 5) is 95.2. The van der Waals surface area contributed by atoms with Crippen LogP contribution in [0.2, 0.25) is 0 Å². The number of ketones is 1. The number of alkyl carbamates (subject to hydrolysis) is 1. The molecule has 65 heavy (non-hydrogen) atoms. The van der Waals surface area contributed by atoms with Crippen molar-refractivity contribution in [2.24, 2.45) is 16.7 Å². The Hall–Kier alpha value is -5.69. The number of nitrogens with one attached hydrogen (secondary N) is 1. The first kappa shape index (κ1) is 48.8. The van der Waals surface area contributed by atoms with Crippen LogP contribution in [0, 0.1) is 16.7 Å². The first-order valence-corrected chi connectivity index (χ1v) is 21.4. The highest BCUT2D eigenvalue weighted by Gasteiger charge is 2.78. The summed E-state index contributed by atoms with van der Waals surface area (Å²) in [6, 6.07) is 14.0. The van der Waals surface area contributed by atoms with Gasteiger partial charge < -0.3 is 54.2 Å². The summed E-state index contributed by atoms with van der Waals surface area (Å²) >= 11 is 0. The van der Waals surface area contributed by atoms with Gasteiger partial charge in [-0.1, -0.05) is 62.4 Å². The molecule has 0 spiro atoms. The van der Waals surface area contributed by atoms with E-state index in [-0.39, 0.29) is 35.3 Å². The first-order valence-electron chi connectivity index (χ1n) is 21.4. The summed E-state index contributed by atoms with van der Waals surface area (Å²) in [6.07, 6.45) is -13.5. The number of aliphatic hydroxyl groups excluding tert-OH is 2. The number of hydrogen-bond acceptors (Lipinski definition) is 16. The zero-order valence-corrected chi connectivity index (χ0v) is 37.5. The monoisotopic (exact) mass is 907 g/mol. The summed E-state index contributed by atoms with van der Waals surface area (Å²) in [7, 11) is 0. The van der Waals surface area contributed by atoms with E-state index < -0.39 is 137 Å². The number of benzene rings is 2. The minimum absolute atomic E-state index is 0.0334. The van der Waals surface area contributed by atoms with E-state index in [1.165, 1.54) is 52.0 Å². The lowest BCUT2D eigenvalue weighted by Gasteiger charge is -2.67. The van der Waals surface area contributed by atoms with Crippen molar-refractivity contribution in [3.8, 4) is 0 Å². The Labute approximate surface area is 375 Å². The van der Waals surface area contributed by atoms with Crippen molar-refractivity contribution >= 4 is 41.7 Å². The molecule has 18 heteroatoms. The van der Waals surface area contributed by atoms with Gasteiger partial charge in [0.05, 0.1) is 42.4 Å². The average molecular weight is 908 g/mol. The highest BCUT2D eigenvalue weighted by atomic mass is 16.6. The molecule has 2 aromatic carbocycles. The zero-order chi connectivity index (χ0) is 48.0. The lowest BCUT2D eigenvalue weighted by Crippen LogP contribution is -2.81. The van der Waals surface area contributed by atoms with Gasteiger partial charge in [0.2, 0.25) is 6.10 Å². The third-order valence-corrected chi connectivity index (χ3v) is 13.3. The second-order valence-electron chi connectivity index (χ2n) is 18.9. The number of esters is 4. The van der Waals surface area contributed by atoms with E-state index >= 15 is 4.79 Å². The number of carboxylic acid groups (broad SMARTS) is 1. The third-order valence-electron chi connectivity index (χ3n) is 13.3. The normalized spacial score (nSPS) is 31.2. The SMILES string of the molecule is CC(=O)OC12CO[C@@H]1C[C@H](O)[C@@]1(C)C(=O)[C@H](O)C3=C(C)[C@@H](OC(=O)[C@H](OC(=O)CCC(=O)O)[C@@H](NC(=O)OC(C)(C)C)c4ccccc4)C[C@@](O)([C@@H](OC(=O)c4ccccc4)C21)C3(C)C. The Morgan fingerprint density at radius 3 is 2.09 bits per heavy atom. The molecule has 6 rings (SSSR count). The molecule has 0 aromatic heterocycles. The van der Waals surface area contributed by atoms with Crippen LogP contribution in [0.25, 0.3) is 0 Å². The Balaban J connectivity index is 1.52. The van der Waals surface area contributed by atoms with Crippen LogP contribution < -0.4 is 5.32 Å². The fourth-order valence-electron chi connectivity index (χ4n) is 10.1. The molecule has 1 heterocycles. The molecule has 1 saturated heterocycles. The van der Waals surface area contributed by atoms with Crippen molar-refractivity contribution in [2.75, 3.05) is 6.61 Å². The molecule has 1 amide bonds. The van der Waals surface area contributed by atoms with E-state index in [2.05, 4.69) is 5.32 Å². The fraction of sp³-hybridized carbons (Fsp3) is 0.553. The van der Waals surface area contributed by atoms with Gasteiger partial charge in [-0.15, -0.1) is 0 Å². The number of rotatable bonds is 12. The van der Waals surface area contributed by atoms with E-state index in [0.717, 1.165) is 6.92 Å². The van der Waals surface area contributed by atoms with E-state index in [9.17, 15) is 49.2 Å². The van der Waals surface area contributed by atoms with Gasteiger partial charge in [-0.3, -0.25) is 19.2 Å². The second-order valence-corrected chi connectivity index (χ2v) is 18.9. The van der Waals surface area contributed by atoms with Crippen LogP contribution in [0.15, 0.2) is 71.8 Å². The van der Waals surface area contributed by atoms with Crippen LogP contribution in [0.3, 0.4) is 0 Å². The van der Waals surface area contributed by atoms with Gasteiger partial charge >= 0.3 is 35.9 Å². The van der Waals surface area contributed by atoms with Crippen molar-refractivity contribution in [3.63, 3.8) is 0 Å². The number of amides is 1. The molecule has 2 saturated carbocycles. The largest absolute Gasteiger partial charge is 0.481 e. The van der Waals surface area contributed by atoms with Crippen LogP contribution in [0.4, 0.5) is 4.79 Å². The Bertz CT molecular complexity index is 2240. The predicted octanol–water partition coefficient (Wildman–Crippen LogP) is 3.68. The van der Waals surface area contributed by atoms with Crippen molar-refractivity contribution in [1.29, 1.82) is 0 Å². The summed E-state index contributed by atoms with van der Waals surface area (Å²) in [5.41, 5.74) is -8.90. The summed E-state index contributed by atoms with van der Waals surface area (Å²) < 4.78 is 35.5. The Kier molecular flexibility index (Phi) is 13.5. The van der Waals surface area contributed by atoms with Crippen LogP contribution in [0.5, 0.6) is 0 Å². The number of carbonyl (C=O) groups excluding carboxylic acids is 6. The minimum atomic E-state index is -2.46. The maximum absolute atomic E-state index is 15.1. The molecule has 2 unspecified atom stereocenters. The van der Waals surface area contributed by atoms with E-state index in [4.69, 9.17) is 28.4 Å². The highest BCUT2D eigenvalue weighted by Crippen LogP contribution is 2.64. The molecule has 2 aromatic rings. The molecule has 4 aliphatic rings. The summed E-state index contributed by atoms with van der Waals surface area (Å²) in [6.45, 7) is 11.4. The number of ether oxygens (including phenoxy) is 6. The van der Waals surface area contributed by atoms with Gasteiger partial charge in [-0.2, -0.15) is 0 Å². The first-order chi connectivity index (χ1) is 30.3. The van der Waals surface area contributed by atoms with Gasteiger partial charge in [0.25, 0.3) is 0 Å². The highest BCUT2D eigenvalue weighted by molar-refractivity contribution is 5.94. The van der Waals surface area contributed by atoms with Gasteiger partial charge in [0.15, 0.2) is 11.4 Å². The topological polar surface area (TPSA) is 268 Å². The van der Waals surface area contributed by atoms with Gasteiger partial charge in [-0.05, 0) is 63.5 Å². The number of hydrogen-bond donors (Lipinski definition) is 5. The van der Waals surface area contributed by atoms with Crippen LogP contribution in [-0.4, -0.2) is 122 Å². The van der Waals surface area contributed by atoms with Crippen LogP contribution in [-0.2, 0) is 52.4 Å². The number of aliphatic hydroxyl groups is 3. The Morgan fingerprint density at radius 2 is 1.54 bits per heavy atom. The minimum Gasteiger partial charge on any atom is -0.481 e. The number of fused-ring (bicyclic) bond motifs is 5. The van der Waals surface area contributed by atoms with E-state index in [1.807, 2.05) is 0 Å². The number of carbonyl (C=O) groups is 7. The van der Waals surface area contributed by atoms with E-state index in [0.29, 0.717) is 0 Å². The van der Waals surface area contributed by atoms with Crippen molar-refractivity contribution in [3.05, 3.63) is 82.9 Å². The van der Waals surface area contributed by atoms with Crippen molar-refractivity contribution in [2.45, 2.75) is 141 Å². The molecule has 18 nitrogen and oxygen atoms in total. The quantitative estimate of drug-likeness (QED) is 0.116. The molecule has 0 radical (unpaired) electrons. The van der Waals surface area contributed by atoms with Crippen LogP contribution in [0.1, 0.15) is 103 Å². The average Bonchev–Trinajstić information content (AvgIpc) is 3.22. The third kappa shape index (κ3) is 9.00. The maximum Gasteiger partial charge on any atom is 0.408 e. The molecular weight excluding hydrogens is 851 g/mol. The number of Topliss-reactive ketones (excluding diaryl/α,β-unsaturated/α-hetero) is 1. The smallest absolute Gasteiger partial charge is 0.408 e. The van der Waals surface area contributed by atoms with Crippen molar-refractivity contribution < 1.29 is 82.4 Å². The lowest BCUT2D eigenvalue weighted by molar-refractivity contribution is -0.346. The number of carboxylic acids is 1. The molecule has 352 valence electrons.